The van der Waals surface area contributed by atoms with E-state index in [-0.39, 0.29) is 18.1 Å². The highest BCUT2D eigenvalue weighted by Crippen LogP contribution is 2.09. The van der Waals surface area contributed by atoms with Crippen molar-refractivity contribution in [3.8, 4) is 0 Å². The highest BCUT2D eigenvalue weighted by Gasteiger charge is 2.14. The summed E-state index contributed by atoms with van der Waals surface area (Å²) < 4.78 is 7.85. The zero-order chi connectivity index (χ0) is 14.5. The summed E-state index contributed by atoms with van der Waals surface area (Å²) in [5.41, 5.74) is 1.05. The van der Waals surface area contributed by atoms with Gasteiger partial charge in [-0.05, 0) is 19.1 Å². The van der Waals surface area contributed by atoms with Gasteiger partial charge in [-0.1, -0.05) is 0 Å². The molecule has 0 fully saturated rings. The monoisotopic (exact) mass is 278 g/mol. The molecule has 2 aromatic rings. The summed E-state index contributed by atoms with van der Waals surface area (Å²) in [5.74, 6) is -0.219. The Balaban J connectivity index is 2.28. The van der Waals surface area contributed by atoms with E-state index in [1.807, 2.05) is 6.92 Å². The first-order valence-electron chi connectivity index (χ1n) is 6.48. The number of rotatable bonds is 6. The third kappa shape index (κ3) is 2.72. The first kappa shape index (κ1) is 14.3. The molecule has 0 aliphatic heterocycles. The summed E-state index contributed by atoms with van der Waals surface area (Å²) in [6, 6.07) is 3.54. The Morgan fingerprint density at radius 2 is 2.25 bits per heavy atom. The minimum atomic E-state index is -0.219. The van der Waals surface area contributed by atoms with Crippen LogP contribution >= 0.6 is 0 Å². The van der Waals surface area contributed by atoms with Crippen molar-refractivity contribution in [1.29, 1.82) is 0 Å². The number of nitrogens with zero attached hydrogens (tertiary/aromatic N) is 3. The van der Waals surface area contributed by atoms with Crippen LogP contribution in [0.1, 0.15) is 6.92 Å². The molecule has 108 valence electrons. The highest BCUT2D eigenvalue weighted by atomic mass is 16.5. The van der Waals surface area contributed by atoms with Crippen LogP contribution < -0.4 is 11.0 Å². The molecule has 7 heteroatoms. The van der Waals surface area contributed by atoms with E-state index in [2.05, 4.69) is 10.3 Å². The molecule has 0 aliphatic rings. The Morgan fingerprint density at radius 3 is 2.95 bits per heavy atom. The fourth-order valence-electron chi connectivity index (χ4n) is 2.08. The van der Waals surface area contributed by atoms with Gasteiger partial charge in [0, 0.05) is 26.4 Å². The zero-order valence-electron chi connectivity index (χ0n) is 11.6. The summed E-state index contributed by atoms with van der Waals surface area (Å²) >= 11 is 0. The molecule has 0 atom stereocenters. The maximum atomic E-state index is 12.3. The van der Waals surface area contributed by atoms with Crippen molar-refractivity contribution in [2.45, 2.75) is 20.0 Å². The van der Waals surface area contributed by atoms with Gasteiger partial charge in [0.25, 0.3) is 0 Å². The van der Waals surface area contributed by atoms with Gasteiger partial charge in [-0.25, -0.2) is 9.78 Å². The molecule has 7 nitrogen and oxygen atoms in total. The number of carbonyl (C=O) groups excluding carboxylic acids is 1. The molecule has 0 saturated carbocycles. The van der Waals surface area contributed by atoms with Crippen LogP contribution in [0.15, 0.2) is 23.1 Å². The van der Waals surface area contributed by atoms with Crippen LogP contribution in [-0.2, 0) is 22.6 Å². The Kier molecular flexibility index (Phi) is 4.52. The molecular weight excluding hydrogens is 260 g/mol. The minimum absolute atomic E-state index is 0.0161. The molecular formula is C13H18N4O3. The molecule has 0 unspecified atom stereocenters. The number of pyridine rings is 1. The Labute approximate surface area is 116 Å². The number of methoxy groups -OCH3 is 1. The molecule has 1 amide bonds. The van der Waals surface area contributed by atoms with E-state index >= 15 is 0 Å². The number of hydrogen-bond acceptors (Lipinski definition) is 4. The SMILES string of the molecule is CCn1c(=O)n(CC(=O)NCCOC)c2cccnc21. The molecule has 2 rings (SSSR count). The summed E-state index contributed by atoms with van der Waals surface area (Å²) in [6.45, 7) is 3.24. The van der Waals surface area contributed by atoms with E-state index < -0.39 is 0 Å². The summed E-state index contributed by atoms with van der Waals surface area (Å²) in [4.78, 5) is 28.3. The molecule has 0 aliphatic carbocycles. The van der Waals surface area contributed by atoms with Gasteiger partial charge in [-0.15, -0.1) is 0 Å². The molecule has 0 saturated heterocycles. The topological polar surface area (TPSA) is 78.2 Å². The van der Waals surface area contributed by atoms with E-state index in [9.17, 15) is 9.59 Å². The number of imidazole rings is 1. The lowest BCUT2D eigenvalue weighted by molar-refractivity contribution is -0.121. The standard InChI is InChI=1S/C13H18N4O3/c1-3-16-12-10(5-4-6-15-12)17(13(16)19)9-11(18)14-7-8-20-2/h4-6H,3,7-9H2,1-2H3,(H,14,18). The molecule has 0 bridgehead atoms. The molecule has 0 spiro atoms. The predicted octanol–water partition coefficient (Wildman–Crippen LogP) is -0.0195. The average molecular weight is 278 g/mol. The zero-order valence-corrected chi connectivity index (χ0v) is 11.6. The lowest BCUT2D eigenvalue weighted by atomic mass is 10.4. The van der Waals surface area contributed by atoms with Gasteiger partial charge in [-0.2, -0.15) is 0 Å². The Bertz CT molecular complexity index is 659. The van der Waals surface area contributed by atoms with Gasteiger partial charge in [0.15, 0.2) is 5.65 Å². The van der Waals surface area contributed by atoms with Gasteiger partial charge in [-0.3, -0.25) is 13.9 Å². The first-order valence-corrected chi connectivity index (χ1v) is 6.48. The number of ether oxygens (including phenoxy) is 1. The molecule has 20 heavy (non-hydrogen) atoms. The molecule has 2 heterocycles. The predicted molar refractivity (Wildman–Crippen MR) is 74.6 cm³/mol. The van der Waals surface area contributed by atoms with Gasteiger partial charge < -0.3 is 10.1 Å². The largest absolute Gasteiger partial charge is 0.383 e. The average Bonchev–Trinajstić information content (AvgIpc) is 2.72. The number of carbonyl (C=O) groups is 1. The highest BCUT2D eigenvalue weighted by molar-refractivity contribution is 5.79. The van der Waals surface area contributed by atoms with Crippen molar-refractivity contribution in [1.82, 2.24) is 19.4 Å². The number of aryl methyl sites for hydroxylation is 1. The molecule has 0 aromatic carbocycles. The summed E-state index contributed by atoms with van der Waals surface area (Å²) in [6.07, 6.45) is 1.64. The fraction of sp³-hybridized carbons (Fsp3) is 0.462. The first-order chi connectivity index (χ1) is 9.69. The summed E-state index contributed by atoms with van der Waals surface area (Å²) in [7, 11) is 1.57. The van der Waals surface area contributed by atoms with Crippen molar-refractivity contribution in [2.75, 3.05) is 20.3 Å². The minimum Gasteiger partial charge on any atom is -0.383 e. The van der Waals surface area contributed by atoms with E-state index in [1.165, 1.54) is 4.57 Å². The maximum Gasteiger partial charge on any atom is 0.330 e. The third-order valence-electron chi connectivity index (χ3n) is 3.02. The Hall–Kier alpha value is -2.15. The van der Waals surface area contributed by atoms with Crippen molar-refractivity contribution in [2.24, 2.45) is 0 Å². The quantitative estimate of drug-likeness (QED) is 0.753. The number of aromatic nitrogens is 3. The van der Waals surface area contributed by atoms with Crippen molar-refractivity contribution in [3.05, 3.63) is 28.8 Å². The smallest absolute Gasteiger partial charge is 0.330 e. The van der Waals surface area contributed by atoms with Gasteiger partial charge in [0.1, 0.15) is 6.54 Å². The second kappa shape index (κ2) is 6.33. The van der Waals surface area contributed by atoms with E-state index in [0.29, 0.717) is 30.9 Å². The van der Waals surface area contributed by atoms with E-state index in [4.69, 9.17) is 4.74 Å². The third-order valence-corrected chi connectivity index (χ3v) is 3.02. The number of amides is 1. The van der Waals surface area contributed by atoms with Crippen molar-refractivity contribution in [3.63, 3.8) is 0 Å². The van der Waals surface area contributed by atoms with Gasteiger partial charge in [0.2, 0.25) is 5.91 Å². The Morgan fingerprint density at radius 1 is 1.45 bits per heavy atom. The fourth-order valence-corrected chi connectivity index (χ4v) is 2.08. The normalized spacial score (nSPS) is 10.9. The molecule has 1 N–H and O–H groups in total. The van der Waals surface area contributed by atoms with Crippen molar-refractivity contribution >= 4 is 17.1 Å². The van der Waals surface area contributed by atoms with Gasteiger partial charge in [0.05, 0.1) is 12.1 Å². The second-order valence-electron chi connectivity index (χ2n) is 4.30. The van der Waals surface area contributed by atoms with Crippen LogP contribution in [0.25, 0.3) is 11.2 Å². The van der Waals surface area contributed by atoms with Crippen LogP contribution in [0.3, 0.4) is 0 Å². The number of nitrogens with one attached hydrogen (secondary N) is 1. The van der Waals surface area contributed by atoms with Crippen LogP contribution in [0.5, 0.6) is 0 Å². The lowest BCUT2D eigenvalue weighted by Crippen LogP contribution is -2.34. The summed E-state index contributed by atoms with van der Waals surface area (Å²) in [5, 5.41) is 2.70. The van der Waals surface area contributed by atoms with Crippen molar-refractivity contribution < 1.29 is 9.53 Å². The molecule has 0 radical (unpaired) electrons. The van der Waals surface area contributed by atoms with Crippen LogP contribution in [0.4, 0.5) is 0 Å². The maximum absolute atomic E-state index is 12.3. The number of fused-ring (bicyclic) bond motifs is 1. The van der Waals surface area contributed by atoms with Gasteiger partial charge >= 0.3 is 5.69 Å². The van der Waals surface area contributed by atoms with E-state index in [0.717, 1.165) is 0 Å². The lowest BCUT2D eigenvalue weighted by Gasteiger charge is -2.05. The van der Waals surface area contributed by atoms with E-state index in [1.54, 1.807) is 30.0 Å². The van der Waals surface area contributed by atoms with Crippen LogP contribution in [-0.4, -0.2) is 40.3 Å². The van der Waals surface area contributed by atoms with Crippen LogP contribution in [0, 0.1) is 0 Å². The van der Waals surface area contributed by atoms with Crippen LogP contribution in [0.2, 0.25) is 0 Å². The number of hydrogen-bond donors (Lipinski definition) is 1. The molecule has 2 aromatic heterocycles. The second-order valence-corrected chi connectivity index (χ2v) is 4.30.